The molecule has 27 heavy (non-hydrogen) atoms. The van der Waals surface area contributed by atoms with Crippen LogP contribution in [-0.4, -0.2) is 38.8 Å². The summed E-state index contributed by atoms with van der Waals surface area (Å²) >= 11 is 0. The number of fused-ring (bicyclic) bond motifs is 1. The van der Waals surface area contributed by atoms with Gasteiger partial charge in [-0.3, -0.25) is 9.59 Å². The summed E-state index contributed by atoms with van der Waals surface area (Å²) in [6.07, 6.45) is 1.99. The van der Waals surface area contributed by atoms with Crippen LogP contribution in [0.2, 0.25) is 0 Å². The van der Waals surface area contributed by atoms with Crippen LogP contribution in [0.15, 0.2) is 45.7 Å². The highest BCUT2D eigenvalue weighted by atomic mass is 16.5. The van der Waals surface area contributed by atoms with E-state index in [1.807, 2.05) is 36.1 Å². The Labute approximate surface area is 156 Å². The van der Waals surface area contributed by atoms with Crippen LogP contribution in [0.1, 0.15) is 24.2 Å². The Morgan fingerprint density at radius 3 is 2.78 bits per heavy atom. The summed E-state index contributed by atoms with van der Waals surface area (Å²) in [5, 5.41) is 9.25. The van der Waals surface area contributed by atoms with Crippen molar-refractivity contribution in [1.29, 1.82) is 0 Å². The molecule has 0 spiro atoms. The third kappa shape index (κ3) is 3.77. The molecule has 0 aliphatic carbocycles. The molecule has 140 valence electrons. The first-order chi connectivity index (χ1) is 13.1. The second-order valence-corrected chi connectivity index (χ2v) is 7.12. The average Bonchev–Trinajstić information content (AvgIpc) is 3.08. The predicted molar refractivity (Wildman–Crippen MR) is 100 cm³/mol. The maximum Gasteiger partial charge on any atom is 0.266 e. The van der Waals surface area contributed by atoms with E-state index in [1.54, 1.807) is 16.8 Å². The molecule has 4 rings (SSSR count). The molecule has 1 fully saturated rings. The molecule has 0 saturated carbocycles. The summed E-state index contributed by atoms with van der Waals surface area (Å²) in [4.78, 5) is 26.5. The molecule has 2 aromatic heterocycles. The van der Waals surface area contributed by atoms with Crippen LogP contribution in [0.5, 0.6) is 0 Å². The molecule has 1 saturated heterocycles. The molecule has 1 amide bonds. The van der Waals surface area contributed by atoms with E-state index < -0.39 is 0 Å². The highest BCUT2D eigenvalue weighted by Crippen LogP contribution is 2.22. The number of nitrogens with zero attached hydrogens (tertiary/aromatic N) is 4. The maximum atomic E-state index is 12.6. The van der Waals surface area contributed by atoms with Crippen LogP contribution in [0, 0.1) is 12.8 Å². The van der Waals surface area contributed by atoms with E-state index in [0.29, 0.717) is 36.8 Å². The zero-order valence-electron chi connectivity index (χ0n) is 15.3. The van der Waals surface area contributed by atoms with E-state index in [4.69, 9.17) is 4.52 Å². The van der Waals surface area contributed by atoms with Crippen LogP contribution in [-0.2, 0) is 17.8 Å². The lowest BCUT2D eigenvalue weighted by Gasteiger charge is -2.32. The predicted octanol–water partition coefficient (Wildman–Crippen LogP) is 2.17. The summed E-state index contributed by atoms with van der Waals surface area (Å²) in [7, 11) is 0. The Morgan fingerprint density at radius 2 is 1.96 bits per heavy atom. The molecule has 1 aromatic carbocycles. The van der Waals surface area contributed by atoms with Gasteiger partial charge in [-0.1, -0.05) is 17.3 Å². The molecule has 3 aromatic rings. The Kier molecular flexibility index (Phi) is 4.75. The van der Waals surface area contributed by atoms with E-state index >= 15 is 0 Å². The molecule has 1 aliphatic heterocycles. The quantitative estimate of drug-likeness (QED) is 0.707. The van der Waals surface area contributed by atoms with Crippen molar-refractivity contribution < 1.29 is 9.32 Å². The van der Waals surface area contributed by atoms with Gasteiger partial charge in [0.1, 0.15) is 5.69 Å². The number of amides is 1. The third-order valence-electron chi connectivity index (χ3n) is 5.17. The number of rotatable bonds is 4. The SMILES string of the molecule is Cc1ccc(=O)n(CC2CCN(C(=O)Cc3noc4ccccc34)CC2)n1. The van der Waals surface area contributed by atoms with Crippen molar-refractivity contribution in [2.24, 2.45) is 5.92 Å². The van der Waals surface area contributed by atoms with Crippen LogP contribution in [0.4, 0.5) is 0 Å². The Morgan fingerprint density at radius 1 is 1.19 bits per heavy atom. The fourth-order valence-electron chi connectivity index (χ4n) is 3.61. The normalized spacial score (nSPS) is 15.4. The Hall–Kier alpha value is -2.96. The molecular weight excluding hydrogens is 344 g/mol. The maximum absolute atomic E-state index is 12.6. The fourth-order valence-corrected chi connectivity index (χ4v) is 3.61. The number of hydrogen-bond donors (Lipinski definition) is 0. The summed E-state index contributed by atoms with van der Waals surface area (Å²) in [5.41, 5.74) is 2.16. The van der Waals surface area contributed by atoms with E-state index in [2.05, 4.69) is 10.3 Å². The first kappa shape index (κ1) is 17.5. The molecule has 0 unspecified atom stereocenters. The van der Waals surface area contributed by atoms with Gasteiger partial charge in [-0.2, -0.15) is 5.10 Å². The highest BCUT2D eigenvalue weighted by molar-refractivity contribution is 5.86. The molecule has 0 atom stereocenters. The van der Waals surface area contributed by atoms with Gasteiger partial charge in [-0.15, -0.1) is 0 Å². The average molecular weight is 366 g/mol. The van der Waals surface area contributed by atoms with E-state index in [9.17, 15) is 9.59 Å². The molecule has 7 heteroatoms. The van der Waals surface area contributed by atoms with Crippen LogP contribution in [0.3, 0.4) is 0 Å². The van der Waals surface area contributed by atoms with Gasteiger partial charge >= 0.3 is 0 Å². The number of piperidine rings is 1. The standard InChI is InChI=1S/C20H22N4O3/c1-14-6-7-19(25)24(21-14)13-15-8-10-23(11-9-15)20(26)12-17-16-4-2-3-5-18(16)27-22-17/h2-7,15H,8-13H2,1H3. The summed E-state index contributed by atoms with van der Waals surface area (Å²) in [5.74, 6) is 0.423. The second-order valence-electron chi connectivity index (χ2n) is 7.12. The summed E-state index contributed by atoms with van der Waals surface area (Å²) in [6.45, 7) is 3.88. The van der Waals surface area contributed by atoms with Gasteiger partial charge in [0.05, 0.1) is 12.1 Å². The molecule has 3 heterocycles. The van der Waals surface area contributed by atoms with Crippen molar-refractivity contribution in [2.45, 2.75) is 32.7 Å². The number of hydrogen-bond acceptors (Lipinski definition) is 5. The Balaban J connectivity index is 1.35. The monoisotopic (exact) mass is 366 g/mol. The summed E-state index contributed by atoms with van der Waals surface area (Å²) < 4.78 is 6.82. The minimum atomic E-state index is -0.0722. The van der Waals surface area contributed by atoms with Gasteiger partial charge < -0.3 is 9.42 Å². The zero-order chi connectivity index (χ0) is 18.8. The van der Waals surface area contributed by atoms with Crippen LogP contribution < -0.4 is 5.56 Å². The zero-order valence-corrected chi connectivity index (χ0v) is 15.3. The van der Waals surface area contributed by atoms with E-state index in [0.717, 1.165) is 23.9 Å². The minimum absolute atomic E-state index is 0.0679. The molecule has 0 bridgehead atoms. The largest absolute Gasteiger partial charge is 0.356 e. The number of aromatic nitrogens is 3. The number of carbonyl (C=O) groups excluding carboxylic acids is 1. The topological polar surface area (TPSA) is 81.2 Å². The first-order valence-corrected chi connectivity index (χ1v) is 9.26. The van der Waals surface area contributed by atoms with Crippen molar-refractivity contribution in [2.75, 3.05) is 13.1 Å². The van der Waals surface area contributed by atoms with Crippen molar-refractivity contribution in [3.63, 3.8) is 0 Å². The molecule has 1 aliphatic rings. The lowest BCUT2D eigenvalue weighted by atomic mass is 9.96. The first-order valence-electron chi connectivity index (χ1n) is 9.26. The highest BCUT2D eigenvalue weighted by Gasteiger charge is 2.24. The van der Waals surface area contributed by atoms with E-state index in [-0.39, 0.29) is 17.9 Å². The van der Waals surface area contributed by atoms with Gasteiger partial charge in [0, 0.05) is 31.1 Å². The van der Waals surface area contributed by atoms with Crippen molar-refractivity contribution in [3.8, 4) is 0 Å². The summed E-state index contributed by atoms with van der Waals surface area (Å²) in [6, 6.07) is 10.9. The van der Waals surface area contributed by atoms with Crippen LogP contribution in [0.25, 0.3) is 11.0 Å². The molecular formula is C20H22N4O3. The number of para-hydroxylation sites is 1. The number of benzene rings is 1. The van der Waals surface area contributed by atoms with Gasteiger partial charge in [-0.05, 0) is 43.9 Å². The Bertz CT molecular complexity index is 1020. The van der Waals surface area contributed by atoms with Crippen molar-refractivity contribution in [1.82, 2.24) is 19.8 Å². The van der Waals surface area contributed by atoms with E-state index in [1.165, 1.54) is 0 Å². The fraction of sp³-hybridized carbons (Fsp3) is 0.400. The van der Waals surface area contributed by atoms with Crippen molar-refractivity contribution in [3.05, 3.63) is 58.1 Å². The van der Waals surface area contributed by atoms with Gasteiger partial charge in [-0.25, -0.2) is 4.68 Å². The lowest BCUT2D eigenvalue weighted by molar-refractivity contribution is -0.132. The van der Waals surface area contributed by atoms with Gasteiger partial charge in [0.2, 0.25) is 5.91 Å². The minimum Gasteiger partial charge on any atom is -0.356 e. The molecule has 7 nitrogen and oxygen atoms in total. The number of likely N-dealkylation sites (tertiary alicyclic amines) is 1. The molecule has 0 radical (unpaired) electrons. The van der Waals surface area contributed by atoms with Crippen LogP contribution >= 0.6 is 0 Å². The lowest BCUT2D eigenvalue weighted by Crippen LogP contribution is -2.41. The third-order valence-corrected chi connectivity index (χ3v) is 5.17. The van der Waals surface area contributed by atoms with Gasteiger partial charge in [0.25, 0.3) is 5.56 Å². The smallest absolute Gasteiger partial charge is 0.266 e. The number of aryl methyl sites for hydroxylation is 1. The van der Waals surface area contributed by atoms with Gasteiger partial charge in [0.15, 0.2) is 5.58 Å². The number of carbonyl (C=O) groups is 1. The molecule has 0 N–H and O–H groups in total. The second kappa shape index (κ2) is 7.34. The van der Waals surface area contributed by atoms with Crippen molar-refractivity contribution >= 4 is 16.9 Å².